The van der Waals surface area contributed by atoms with E-state index in [9.17, 15) is 15.0 Å². The van der Waals surface area contributed by atoms with Gasteiger partial charge in [0.2, 0.25) is 0 Å². The van der Waals surface area contributed by atoms with Crippen molar-refractivity contribution in [3.05, 3.63) is 35.6 Å². The lowest BCUT2D eigenvalue weighted by molar-refractivity contribution is 0.0691. The molecular formula is C15H17NO4. The third-order valence-electron chi connectivity index (χ3n) is 4.12. The van der Waals surface area contributed by atoms with E-state index in [1.807, 2.05) is 6.07 Å². The van der Waals surface area contributed by atoms with E-state index in [1.165, 1.54) is 0 Å². The van der Waals surface area contributed by atoms with Gasteiger partial charge in [-0.05, 0) is 25.3 Å². The van der Waals surface area contributed by atoms with Crippen LogP contribution in [0.15, 0.2) is 28.7 Å². The van der Waals surface area contributed by atoms with Crippen molar-refractivity contribution in [2.75, 3.05) is 6.61 Å². The predicted octanol–water partition coefficient (Wildman–Crippen LogP) is 2.14. The first kappa shape index (κ1) is 13.1. The van der Waals surface area contributed by atoms with Crippen LogP contribution in [0.4, 0.5) is 0 Å². The van der Waals surface area contributed by atoms with Crippen molar-refractivity contribution >= 4 is 16.9 Å². The third-order valence-corrected chi connectivity index (χ3v) is 4.12. The number of rotatable bonds is 5. The highest BCUT2D eigenvalue weighted by Gasteiger charge is 2.36. The lowest BCUT2D eigenvalue weighted by atomic mass is 9.77. The molecule has 106 valence electrons. The quantitative estimate of drug-likeness (QED) is 0.778. The third kappa shape index (κ3) is 2.09. The van der Waals surface area contributed by atoms with Crippen LogP contribution in [0.5, 0.6) is 0 Å². The number of fused-ring (bicyclic) bond motifs is 1. The predicted molar refractivity (Wildman–Crippen MR) is 73.7 cm³/mol. The number of aliphatic hydroxyl groups is 1. The minimum atomic E-state index is -0.988. The molecule has 1 aliphatic rings. The number of aromatic carboxylic acids is 1. The van der Waals surface area contributed by atoms with Crippen LogP contribution >= 0.6 is 0 Å². The average molecular weight is 275 g/mol. The van der Waals surface area contributed by atoms with Gasteiger partial charge in [-0.2, -0.15) is 0 Å². The second kappa shape index (κ2) is 4.92. The summed E-state index contributed by atoms with van der Waals surface area (Å²) < 4.78 is 5.64. The Labute approximate surface area is 116 Å². The van der Waals surface area contributed by atoms with Gasteiger partial charge in [0, 0.05) is 10.9 Å². The van der Waals surface area contributed by atoms with Crippen LogP contribution in [0.2, 0.25) is 0 Å². The molecule has 0 atom stereocenters. The Bertz CT molecular complexity index is 637. The number of aliphatic hydroxyl groups excluding tert-OH is 1. The van der Waals surface area contributed by atoms with E-state index < -0.39 is 5.97 Å². The summed E-state index contributed by atoms with van der Waals surface area (Å²) in [5.74, 6) is -0.572. The topological polar surface area (TPSA) is 82.7 Å². The van der Waals surface area contributed by atoms with Gasteiger partial charge in [0.25, 0.3) is 0 Å². The van der Waals surface area contributed by atoms with E-state index in [0.29, 0.717) is 23.3 Å². The first-order valence-electron chi connectivity index (χ1n) is 6.75. The van der Waals surface area contributed by atoms with Crippen molar-refractivity contribution in [1.82, 2.24) is 5.32 Å². The van der Waals surface area contributed by atoms with Crippen molar-refractivity contribution in [2.45, 2.75) is 31.3 Å². The zero-order chi connectivity index (χ0) is 14.2. The van der Waals surface area contributed by atoms with Crippen molar-refractivity contribution in [3.8, 4) is 0 Å². The minimum Gasteiger partial charge on any atom is -0.478 e. The van der Waals surface area contributed by atoms with Crippen molar-refractivity contribution in [1.29, 1.82) is 0 Å². The fourth-order valence-corrected chi connectivity index (χ4v) is 2.72. The maximum Gasteiger partial charge on any atom is 0.339 e. The Kier molecular flexibility index (Phi) is 3.23. The fraction of sp³-hybridized carbons (Fsp3) is 0.400. The largest absolute Gasteiger partial charge is 0.478 e. The van der Waals surface area contributed by atoms with Crippen molar-refractivity contribution in [3.63, 3.8) is 0 Å². The molecule has 0 saturated heterocycles. The maximum atomic E-state index is 11.4. The molecule has 1 heterocycles. The number of nitrogens with one attached hydrogen (secondary N) is 1. The zero-order valence-corrected chi connectivity index (χ0v) is 11.1. The number of furan rings is 1. The molecule has 1 aliphatic carbocycles. The summed E-state index contributed by atoms with van der Waals surface area (Å²) in [6, 6.07) is 7.12. The van der Waals surface area contributed by atoms with Crippen LogP contribution in [0, 0.1) is 0 Å². The van der Waals surface area contributed by atoms with Crippen LogP contribution in [0.1, 0.15) is 35.4 Å². The van der Waals surface area contributed by atoms with E-state index in [4.69, 9.17) is 4.42 Å². The summed E-state index contributed by atoms with van der Waals surface area (Å²) in [4.78, 5) is 11.4. The van der Waals surface area contributed by atoms with Gasteiger partial charge in [-0.15, -0.1) is 0 Å². The van der Waals surface area contributed by atoms with Gasteiger partial charge < -0.3 is 19.9 Å². The summed E-state index contributed by atoms with van der Waals surface area (Å²) >= 11 is 0. The first-order valence-corrected chi connectivity index (χ1v) is 6.75. The molecule has 1 fully saturated rings. The highest BCUT2D eigenvalue weighted by molar-refractivity contribution is 6.03. The summed E-state index contributed by atoms with van der Waals surface area (Å²) in [6.07, 6.45) is 2.90. The van der Waals surface area contributed by atoms with Crippen molar-refractivity contribution < 1.29 is 19.4 Å². The second-order valence-electron chi connectivity index (χ2n) is 5.35. The normalized spacial score (nSPS) is 17.1. The Morgan fingerprint density at radius 2 is 2.10 bits per heavy atom. The summed E-state index contributed by atoms with van der Waals surface area (Å²) in [6.45, 7) is 0.381. The average Bonchev–Trinajstić information content (AvgIpc) is 2.76. The number of carboxylic acids is 1. The lowest BCUT2D eigenvalue weighted by Gasteiger charge is -2.41. The lowest BCUT2D eigenvalue weighted by Crippen LogP contribution is -2.53. The summed E-state index contributed by atoms with van der Waals surface area (Å²) in [5.41, 5.74) is 0.517. The number of hydrogen-bond donors (Lipinski definition) is 3. The first-order chi connectivity index (χ1) is 9.65. The van der Waals surface area contributed by atoms with Gasteiger partial charge in [-0.25, -0.2) is 4.79 Å². The van der Waals surface area contributed by atoms with E-state index in [2.05, 4.69) is 5.32 Å². The van der Waals surface area contributed by atoms with Gasteiger partial charge in [0.15, 0.2) is 0 Å². The number of para-hydroxylation sites is 1. The van der Waals surface area contributed by atoms with Gasteiger partial charge >= 0.3 is 5.97 Å². The summed E-state index contributed by atoms with van der Waals surface area (Å²) in [5, 5.41) is 22.7. The number of carboxylic acid groups (broad SMARTS) is 1. The Hall–Kier alpha value is -1.85. The maximum absolute atomic E-state index is 11.4. The zero-order valence-electron chi connectivity index (χ0n) is 11.1. The molecule has 1 aromatic heterocycles. The number of hydrogen-bond acceptors (Lipinski definition) is 4. The highest BCUT2D eigenvalue weighted by Crippen LogP contribution is 2.32. The van der Waals surface area contributed by atoms with Crippen LogP contribution in [0.25, 0.3) is 11.0 Å². The van der Waals surface area contributed by atoms with Crippen molar-refractivity contribution in [2.24, 2.45) is 0 Å². The molecule has 20 heavy (non-hydrogen) atoms. The molecule has 3 N–H and O–H groups in total. The molecule has 1 saturated carbocycles. The van der Waals surface area contributed by atoms with Crippen LogP contribution in [-0.4, -0.2) is 28.3 Å². The summed E-state index contributed by atoms with van der Waals surface area (Å²) in [7, 11) is 0. The van der Waals surface area contributed by atoms with Gasteiger partial charge in [0.1, 0.15) is 16.9 Å². The molecule has 5 nitrogen and oxygen atoms in total. The SMILES string of the molecule is O=C(O)c1c(CNC2(CO)CCC2)oc2ccccc12. The number of benzene rings is 1. The van der Waals surface area contributed by atoms with Gasteiger partial charge in [0.05, 0.1) is 13.2 Å². The van der Waals surface area contributed by atoms with E-state index in [-0.39, 0.29) is 17.7 Å². The van der Waals surface area contributed by atoms with Crippen LogP contribution in [-0.2, 0) is 6.54 Å². The van der Waals surface area contributed by atoms with Crippen LogP contribution in [0.3, 0.4) is 0 Å². The molecule has 0 aliphatic heterocycles. The monoisotopic (exact) mass is 275 g/mol. The molecule has 0 spiro atoms. The second-order valence-corrected chi connectivity index (χ2v) is 5.35. The molecule has 0 radical (unpaired) electrons. The molecule has 1 aromatic carbocycles. The Balaban J connectivity index is 1.90. The minimum absolute atomic E-state index is 0.0651. The highest BCUT2D eigenvalue weighted by atomic mass is 16.4. The smallest absolute Gasteiger partial charge is 0.339 e. The molecule has 5 heteroatoms. The Morgan fingerprint density at radius 1 is 1.35 bits per heavy atom. The van der Waals surface area contributed by atoms with Gasteiger partial charge in [-0.3, -0.25) is 0 Å². The molecule has 0 bridgehead atoms. The van der Waals surface area contributed by atoms with E-state index >= 15 is 0 Å². The van der Waals surface area contributed by atoms with E-state index in [0.717, 1.165) is 19.3 Å². The van der Waals surface area contributed by atoms with Crippen LogP contribution < -0.4 is 5.32 Å². The molecular weight excluding hydrogens is 258 g/mol. The standard InChI is InChI=1S/C15H17NO4/c17-9-15(6-3-7-15)16-8-12-13(14(18)19)10-4-1-2-5-11(10)20-12/h1-2,4-5,16-17H,3,6-9H2,(H,18,19). The fourth-order valence-electron chi connectivity index (χ4n) is 2.72. The molecule has 0 amide bonds. The number of carbonyl (C=O) groups is 1. The molecule has 2 aromatic rings. The van der Waals surface area contributed by atoms with Gasteiger partial charge in [-0.1, -0.05) is 18.2 Å². The Morgan fingerprint density at radius 3 is 2.70 bits per heavy atom. The molecule has 3 rings (SSSR count). The van der Waals surface area contributed by atoms with E-state index in [1.54, 1.807) is 18.2 Å². The molecule has 0 unspecified atom stereocenters.